The quantitative estimate of drug-likeness (QED) is 0.0275. The normalized spacial score (nSPS) is 12.1. The van der Waals surface area contributed by atoms with E-state index < -0.39 is 6.10 Å². The number of allylic oxidation sites excluding steroid dienone is 4. The molecule has 0 aliphatic rings. The summed E-state index contributed by atoms with van der Waals surface area (Å²) in [5.41, 5.74) is 0. The fourth-order valence-corrected chi connectivity index (χ4v) is 5.94. The molecule has 0 aliphatic carbocycles. The highest BCUT2D eigenvalue weighted by molar-refractivity contribution is 5.71. The molecule has 0 aromatic rings. The third kappa shape index (κ3) is 37.2. The molecule has 1 unspecified atom stereocenters. The molecule has 0 rings (SSSR count). The van der Waals surface area contributed by atoms with E-state index >= 15 is 0 Å². The lowest BCUT2D eigenvalue weighted by molar-refractivity contribution is -0.167. The van der Waals surface area contributed by atoms with E-state index in [-0.39, 0.29) is 31.1 Å². The van der Waals surface area contributed by atoms with Gasteiger partial charge in [0.25, 0.3) is 0 Å². The highest BCUT2D eigenvalue weighted by Gasteiger charge is 2.19. The van der Waals surface area contributed by atoms with Crippen molar-refractivity contribution >= 4 is 17.9 Å². The largest absolute Gasteiger partial charge is 0.462 e. The fourth-order valence-electron chi connectivity index (χ4n) is 5.94. The molecule has 0 aromatic carbocycles. The lowest BCUT2D eigenvalue weighted by Crippen LogP contribution is -2.30. The third-order valence-corrected chi connectivity index (χ3v) is 9.21. The molecule has 0 N–H and O–H groups in total. The summed E-state index contributed by atoms with van der Waals surface area (Å²) in [5, 5.41) is 0. The standard InChI is InChI=1S/C44H80O6/c1-4-7-10-13-16-17-18-19-20-21-22-23-24-25-26-29-31-34-37-43(46)49-40-41(50-44(47)38-35-32-28-15-12-9-6-3)39-48-42(45)36-33-30-27-14-11-8-5-2/h17-18,20-21,41H,4-16,19,22-40H2,1-3H3/b18-17-,21-20-. The molecule has 0 fully saturated rings. The molecule has 0 bridgehead atoms. The summed E-state index contributed by atoms with van der Waals surface area (Å²) in [5.74, 6) is -0.893. The minimum absolute atomic E-state index is 0.0720. The van der Waals surface area contributed by atoms with Crippen molar-refractivity contribution in [3.8, 4) is 0 Å². The SMILES string of the molecule is CCCCCC/C=C\C/C=C\CCCCCCCCCC(=O)OCC(COC(=O)CCCCCCCCC)OC(=O)CCCCCCCCC. The maximum Gasteiger partial charge on any atom is 0.306 e. The van der Waals surface area contributed by atoms with Gasteiger partial charge in [0.1, 0.15) is 13.2 Å². The van der Waals surface area contributed by atoms with E-state index in [0.29, 0.717) is 19.3 Å². The predicted molar refractivity (Wildman–Crippen MR) is 210 cm³/mol. The summed E-state index contributed by atoms with van der Waals surface area (Å²) < 4.78 is 16.5. The Kier molecular flexibility index (Phi) is 38.0. The number of ether oxygens (including phenoxy) is 3. The number of carbonyl (C=O) groups excluding carboxylic acids is 3. The molecule has 1 atom stereocenters. The third-order valence-electron chi connectivity index (χ3n) is 9.21. The number of hydrogen-bond acceptors (Lipinski definition) is 6. The van der Waals surface area contributed by atoms with Gasteiger partial charge in [0.05, 0.1) is 0 Å². The lowest BCUT2D eigenvalue weighted by Gasteiger charge is -2.18. The Morgan fingerprint density at radius 3 is 1.12 bits per heavy atom. The van der Waals surface area contributed by atoms with Crippen LogP contribution in [0, 0.1) is 0 Å². The Morgan fingerprint density at radius 2 is 0.720 bits per heavy atom. The van der Waals surface area contributed by atoms with Gasteiger partial charge in [-0.1, -0.05) is 173 Å². The molecule has 0 aromatic heterocycles. The number of hydrogen-bond donors (Lipinski definition) is 0. The first-order chi connectivity index (χ1) is 24.5. The molecule has 0 saturated heterocycles. The highest BCUT2D eigenvalue weighted by atomic mass is 16.6. The van der Waals surface area contributed by atoms with Gasteiger partial charge in [-0.3, -0.25) is 14.4 Å². The molecular weight excluding hydrogens is 624 g/mol. The minimum atomic E-state index is -0.763. The average Bonchev–Trinajstić information content (AvgIpc) is 3.11. The monoisotopic (exact) mass is 705 g/mol. The highest BCUT2D eigenvalue weighted by Crippen LogP contribution is 2.13. The maximum atomic E-state index is 12.5. The molecule has 50 heavy (non-hydrogen) atoms. The van der Waals surface area contributed by atoms with Crippen LogP contribution in [-0.2, 0) is 28.6 Å². The number of carbonyl (C=O) groups is 3. The molecule has 292 valence electrons. The Labute approximate surface area is 309 Å². The summed E-state index contributed by atoms with van der Waals surface area (Å²) >= 11 is 0. The summed E-state index contributed by atoms with van der Waals surface area (Å²) in [6.07, 6.45) is 41.8. The molecular formula is C44H80O6. The van der Waals surface area contributed by atoms with Crippen LogP contribution in [0.4, 0.5) is 0 Å². The second-order valence-electron chi connectivity index (χ2n) is 14.3. The van der Waals surface area contributed by atoms with Crippen LogP contribution in [-0.4, -0.2) is 37.2 Å². The van der Waals surface area contributed by atoms with Gasteiger partial charge in [-0.25, -0.2) is 0 Å². The topological polar surface area (TPSA) is 78.9 Å². The van der Waals surface area contributed by atoms with E-state index in [0.717, 1.165) is 70.6 Å². The van der Waals surface area contributed by atoms with Crippen LogP contribution in [0.5, 0.6) is 0 Å². The fraction of sp³-hybridized carbons (Fsp3) is 0.841. The van der Waals surface area contributed by atoms with E-state index in [4.69, 9.17) is 14.2 Å². The summed E-state index contributed by atoms with van der Waals surface area (Å²) in [4.78, 5) is 37.3. The van der Waals surface area contributed by atoms with Crippen molar-refractivity contribution in [2.45, 2.75) is 226 Å². The van der Waals surface area contributed by atoms with Gasteiger partial charge in [-0.05, 0) is 51.4 Å². The van der Waals surface area contributed by atoms with Crippen LogP contribution in [0.1, 0.15) is 220 Å². The number of esters is 3. The second kappa shape index (κ2) is 39.7. The molecule has 0 saturated carbocycles. The van der Waals surface area contributed by atoms with Gasteiger partial charge in [-0.2, -0.15) is 0 Å². The molecule has 6 nitrogen and oxygen atoms in total. The zero-order valence-electron chi connectivity index (χ0n) is 33.2. The average molecular weight is 705 g/mol. The summed E-state index contributed by atoms with van der Waals surface area (Å²) in [6, 6.07) is 0. The van der Waals surface area contributed by atoms with Crippen LogP contribution in [0.15, 0.2) is 24.3 Å². The molecule has 0 radical (unpaired) electrons. The predicted octanol–water partition coefficient (Wildman–Crippen LogP) is 13.2. The van der Waals surface area contributed by atoms with E-state index in [1.165, 1.54) is 109 Å². The summed E-state index contributed by atoms with van der Waals surface area (Å²) in [7, 11) is 0. The molecule has 0 heterocycles. The van der Waals surface area contributed by atoms with Crippen molar-refractivity contribution in [2.24, 2.45) is 0 Å². The van der Waals surface area contributed by atoms with E-state index in [2.05, 4.69) is 45.1 Å². The van der Waals surface area contributed by atoms with Crippen molar-refractivity contribution in [3.63, 3.8) is 0 Å². The Balaban J connectivity index is 4.19. The van der Waals surface area contributed by atoms with Crippen LogP contribution < -0.4 is 0 Å². The van der Waals surface area contributed by atoms with Crippen LogP contribution in [0.2, 0.25) is 0 Å². The Hall–Kier alpha value is -2.11. The maximum absolute atomic E-state index is 12.5. The summed E-state index contributed by atoms with van der Waals surface area (Å²) in [6.45, 7) is 6.52. The number of rotatable bonds is 38. The lowest BCUT2D eigenvalue weighted by atomic mass is 10.1. The van der Waals surface area contributed by atoms with Crippen LogP contribution >= 0.6 is 0 Å². The minimum Gasteiger partial charge on any atom is -0.462 e. The van der Waals surface area contributed by atoms with Gasteiger partial charge in [0.15, 0.2) is 6.10 Å². The zero-order chi connectivity index (χ0) is 36.6. The van der Waals surface area contributed by atoms with Crippen molar-refractivity contribution in [1.29, 1.82) is 0 Å². The van der Waals surface area contributed by atoms with Crippen molar-refractivity contribution in [3.05, 3.63) is 24.3 Å². The van der Waals surface area contributed by atoms with Crippen molar-refractivity contribution in [2.75, 3.05) is 13.2 Å². The first-order valence-corrected chi connectivity index (χ1v) is 21.3. The number of unbranched alkanes of at least 4 members (excludes halogenated alkanes) is 23. The Morgan fingerprint density at radius 1 is 0.400 bits per heavy atom. The van der Waals surface area contributed by atoms with Crippen LogP contribution in [0.3, 0.4) is 0 Å². The molecule has 6 heteroatoms. The van der Waals surface area contributed by atoms with Gasteiger partial charge in [0.2, 0.25) is 0 Å². The van der Waals surface area contributed by atoms with Gasteiger partial charge in [-0.15, -0.1) is 0 Å². The molecule has 0 aliphatic heterocycles. The van der Waals surface area contributed by atoms with Crippen LogP contribution in [0.25, 0.3) is 0 Å². The van der Waals surface area contributed by atoms with E-state index in [1.807, 2.05) is 0 Å². The van der Waals surface area contributed by atoms with E-state index in [9.17, 15) is 14.4 Å². The van der Waals surface area contributed by atoms with Crippen molar-refractivity contribution in [1.82, 2.24) is 0 Å². The van der Waals surface area contributed by atoms with Gasteiger partial charge >= 0.3 is 17.9 Å². The first kappa shape index (κ1) is 47.9. The van der Waals surface area contributed by atoms with Gasteiger partial charge in [0, 0.05) is 19.3 Å². The van der Waals surface area contributed by atoms with Gasteiger partial charge < -0.3 is 14.2 Å². The van der Waals surface area contributed by atoms with E-state index in [1.54, 1.807) is 0 Å². The first-order valence-electron chi connectivity index (χ1n) is 21.3. The molecule has 0 amide bonds. The smallest absolute Gasteiger partial charge is 0.306 e. The second-order valence-corrected chi connectivity index (χ2v) is 14.3. The Bertz CT molecular complexity index is 819. The van der Waals surface area contributed by atoms with Crippen molar-refractivity contribution < 1.29 is 28.6 Å². The molecule has 0 spiro atoms. The zero-order valence-corrected chi connectivity index (χ0v) is 33.2.